The average molecular weight is 326 g/mol. The van der Waals surface area contributed by atoms with Crippen molar-refractivity contribution in [3.63, 3.8) is 0 Å². The molecule has 0 radical (unpaired) electrons. The maximum absolute atomic E-state index is 5.66. The molecule has 96 valence electrons. The summed E-state index contributed by atoms with van der Waals surface area (Å²) in [5, 5.41) is 3.57. The van der Waals surface area contributed by atoms with E-state index in [2.05, 4.69) is 33.2 Å². The summed E-state index contributed by atoms with van der Waals surface area (Å²) in [5.74, 6) is 5.47. The zero-order valence-corrected chi connectivity index (χ0v) is 12.5. The Morgan fingerprint density at radius 3 is 3.28 bits per heavy atom. The van der Waals surface area contributed by atoms with Crippen molar-refractivity contribution in [3.05, 3.63) is 28.2 Å². The smallest absolute Gasteiger partial charge is 0.124 e. The van der Waals surface area contributed by atoms with E-state index in [1.807, 2.05) is 12.1 Å². The third-order valence-corrected chi connectivity index (χ3v) is 4.19. The van der Waals surface area contributed by atoms with E-state index in [-0.39, 0.29) is 0 Å². The van der Waals surface area contributed by atoms with Gasteiger partial charge < -0.3 is 10.1 Å². The van der Waals surface area contributed by atoms with Crippen LogP contribution in [0.5, 0.6) is 5.75 Å². The van der Waals surface area contributed by atoms with E-state index >= 15 is 0 Å². The molecule has 0 bridgehead atoms. The van der Waals surface area contributed by atoms with Crippen LogP contribution in [0.1, 0.15) is 18.0 Å². The topological polar surface area (TPSA) is 21.3 Å². The van der Waals surface area contributed by atoms with Crippen molar-refractivity contribution in [2.45, 2.75) is 12.5 Å². The Bertz CT molecular complexity index is 444. The lowest BCUT2D eigenvalue weighted by Crippen LogP contribution is -2.28. The minimum atomic E-state index is 0.387. The van der Waals surface area contributed by atoms with Crippen LogP contribution in [0.3, 0.4) is 0 Å². The van der Waals surface area contributed by atoms with Crippen LogP contribution in [-0.4, -0.2) is 24.7 Å². The van der Waals surface area contributed by atoms with Gasteiger partial charge in [0, 0.05) is 34.8 Å². The molecule has 1 N–H and O–H groups in total. The van der Waals surface area contributed by atoms with Crippen LogP contribution in [0.15, 0.2) is 22.7 Å². The van der Waals surface area contributed by atoms with Gasteiger partial charge in [-0.25, -0.2) is 0 Å². The third kappa shape index (κ3) is 3.68. The summed E-state index contributed by atoms with van der Waals surface area (Å²) in [4.78, 5) is 0. The number of ether oxygens (including phenoxy) is 1. The number of benzene rings is 1. The molecular formula is C14H16BrNOS. The highest BCUT2D eigenvalue weighted by atomic mass is 79.9. The summed E-state index contributed by atoms with van der Waals surface area (Å²) in [6.45, 7) is 1.76. The van der Waals surface area contributed by atoms with E-state index in [0.29, 0.717) is 6.04 Å². The Hall–Kier alpha value is -0.630. The van der Waals surface area contributed by atoms with Crippen molar-refractivity contribution in [2.75, 3.05) is 24.7 Å². The van der Waals surface area contributed by atoms with E-state index in [4.69, 9.17) is 11.2 Å². The summed E-state index contributed by atoms with van der Waals surface area (Å²) >= 11 is 5.30. The molecule has 0 amide bonds. The maximum Gasteiger partial charge on any atom is 0.124 e. The van der Waals surface area contributed by atoms with Crippen LogP contribution < -0.4 is 10.1 Å². The molecule has 18 heavy (non-hydrogen) atoms. The van der Waals surface area contributed by atoms with E-state index in [1.54, 1.807) is 11.8 Å². The molecule has 2 nitrogen and oxygen atoms in total. The highest BCUT2D eigenvalue weighted by Gasteiger charge is 2.20. The molecule has 1 atom stereocenters. The molecule has 0 saturated carbocycles. The zero-order valence-electron chi connectivity index (χ0n) is 10.1. The number of fused-ring (bicyclic) bond motifs is 1. The lowest BCUT2D eigenvalue weighted by molar-refractivity contribution is 0.254. The minimum Gasteiger partial charge on any atom is -0.493 e. The quantitative estimate of drug-likeness (QED) is 0.663. The standard InChI is InChI=1S/C14H16BrNOS/c1-2-8-18-9-6-16-13-5-7-17-14-4-3-11(15)10-12(13)14/h1,3-4,10,13,16H,5-9H2. The number of hydrogen-bond donors (Lipinski definition) is 1. The van der Waals surface area contributed by atoms with Gasteiger partial charge in [0.05, 0.1) is 12.4 Å². The fourth-order valence-corrected chi connectivity index (χ4v) is 2.92. The molecule has 1 aromatic carbocycles. The van der Waals surface area contributed by atoms with Crippen molar-refractivity contribution >= 4 is 27.7 Å². The number of hydrogen-bond acceptors (Lipinski definition) is 3. The molecule has 0 aromatic heterocycles. The van der Waals surface area contributed by atoms with E-state index in [1.165, 1.54) is 5.56 Å². The normalized spacial score (nSPS) is 17.7. The molecule has 1 aromatic rings. The van der Waals surface area contributed by atoms with Crippen LogP contribution in [-0.2, 0) is 0 Å². The van der Waals surface area contributed by atoms with Crippen LogP contribution in [0.2, 0.25) is 0 Å². The Kier molecular flexibility index (Phi) is 5.43. The molecule has 0 fully saturated rings. The second-order valence-corrected chi connectivity index (χ2v) is 6.10. The van der Waals surface area contributed by atoms with Crippen molar-refractivity contribution in [2.24, 2.45) is 0 Å². The van der Waals surface area contributed by atoms with Crippen molar-refractivity contribution in [1.29, 1.82) is 0 Å². The largest absolute Gasteiger partial charge is 0.493 e. The predicted molar refractivity (Wildman–Crippen MR) is 81.2 cm³/mol. The molecule has 4 heteroatoms. The molecule has 1 heterocycles. The van der Waals surface area contributed by atoms with Gasteiger partial charge in [0.25, 0.3) is 0 Å². The highest BCUT2D eigenvalue weighted by Crippen LogP contribution is 2.33. The summed E-state index contributed by atoms with van der Waals surface area (Å²) in [6, 6.07) is 6.57. The monoisotopic (exact) mass is 325 g/mol. The Labute approximate surface area is 121 Å². The maximum atomic E-state index is 5.66. The van der Waals surface area contributed by atoms with Gasteiger partial charge in [0.2, 0.25) is 0 Å². The molecule has 1 aliphatic rings. The molecule has 1 aliphatic heterocycles. The van der Waals surface area contributed by atoms with Crippen LogP contribution in [0, 0.1) is 12.3 Å². The molecular weight excluding hydrogens is 310 g/mol. The molecule has 0 spiro atoms. The first-order valence-electron chi connectivity index (χ1n) is 5.98. The Morgan fingerprint density at radius 1 is 1.56 bits per heavy atom. The fourth-order valence-electron chi connectivity index (χ4n) is 2.01. The molecule has 0 saturated heterocycles. The molecule has 2 rings (SSSR count). The number of rotatable bonds is 5. The summed E-state index contributed by atoms with van der Waals surface area (Å²) in [5.41, 5.74) is 1.25. The second kappa shape index (κ2) is 7.08. The first-order chi connectivity index (χ1) is 8.81. The van der Waals surface area contributed by atoms with Crippen LogP contribution >= 0.6 is 27.7 Å². The van der Waals surface area contributed by atoms with Crippen molar-refractivity contribution < 1.29 is 4.74 Å². The predicted octanol–water partition coefficient (Wildman–Crippen LogP) is 3.23. The number of terminal acetylenes is 1. The van der Waals surface area contributed by atoms with Crippen molar-refractivity contribution in [1.82, 2.24) is 5.32 Å². The average Bonchev–Trinajstić information content (AvgIpc) is 2.39. The van der Waals surface area contributed by atoms with Gasteiger partial charge in [-0.1, -0.05) is 21.9 Å². The Balaban J connectivity index is 1.91. The number of nitrogens with one attached hydrogen (secondary N) is 1. The van der Waals surface area contributed by atoms with E-state index in [9.17, 15) is 0 Å². The first kappa shape index (κ1) is 13.8. The summed E-state index contributed by atoms with van der Waals surface area (Å²) < 4.78 is 6.76. The van der Waals surface area contributed by atoms with Gasteiger partial charge in [-0.05, 0) is 18.2 Å². The van der Waals surface area contributed by atoms with Gasteiger partial charge in [-0.2, -0.15) is 0 Å². The zero-order chi connectivity index (χ0) is 12.8. The lowest BCUT2D eigenvalue weighted by atomic mass is 10.0. The minimum absolute atomic E-state index is 0.387. The van der Waals surface area contributed by atoms with Gasteiger partial charge >= 0.3 is 0 Å². The van der Waals surface area contributed by atoms with Crippen LogP contribution in [0.4, 0.5) is 0 Å². The fraction of sp³-hybridized carbons (Fsp3) is 0.429. The number of halogens is 1. The van der Waals surface area contributed by atoms with E-state index < -0.39 is 0 Å². The van der Waals surface area contributed by atoms with Gasteiger partial charge in [-0.3, -0.25) is 0 Å². The molecule has 1 unspecified atom stereocenters. The lowest BCUT2D eigenvalue weighted by Gasteiger charge is -2.27. The Morgan fingerprint density at radius 2 is 2.44 bits per heavy atom. The van der Waals surface area contributed by atoms with Crippen LogP contribution in [0.25, 0.3) is 0 Å². The third-order valence-electron chi connectivity index (χ3n) is 2.83. The number of thioether (sulfide) groups is 1. The highest BCUT2D eigenvalue weighted by molar-refractivity contribution is 9.10. The SMILES string of the molecule is C#CCSCCNC1CCOc2ccc(Br)cc21. The van der Waals surface area contributed by atoms with E-state index in [0.717, 1.165) is 41.3 Å². The molecule has 0 aliphatic carbocycles. The van der Waals surface area contributed by atoms with Gasteiger partial charge in [0.15, 0.2) is 0 Å². The van der Waals surface area contributed by atoms with Gasteiger partial charge in [-0.15, -0.1) is 18.2 Å². The first-order valence-corrected chi connectivity index (χ1v) is 7.93. The second-order valence-electron chi connectivity index (χ2n) is 4.08. The summed E-state index contributed by atoms with van der Waals surface area (Å²) in [7, 11) is 0. The van der Waals surface area contributed by atoms with Gasteiger partial charge in [0.1, 0.15) is 5.75 Å². The van der Waals surface area contributed by atoms with Crippen molar-refractivity contribution in [3.8, 4) is 18.1 Å². The summed E-state index contributed by atoms with van der Waals surface area (Å²) in [6.07, 6.45) is 6.24.